The summed E-state index contributed by atoms with van der Waals surface area (Å²) >= 11 is 17.8. The SMILES string of the molecule is Fc1cccc(CN(C[C@H]2CCCO2)C(=S)Nc2ccc(Cl)cc2Cl)c1. The van der Waals surface area contributed by atoms with Crippen LogP contribution >= 0.6 is 35.4 Å². The van der Waals surface area contributed by atoms with Crippen LogP contribution < -0.4 is 5.32 Å². The largest absolute Gasteiger partial charge is 0.376 e. The molecule has 0 bridgehead atoms. The maximum atomic E-state index is 13.5. The third kappa shape index (κ3) is 5.30. The molecular weight excluding hydrogens is 394 g/mol. The van der Waals surface area contributed by atoms with Crippen molar-refractivity contribution in [2.45, 2.75) is 25.5 Å². The molecule has 138 valence electrons. The summed E-state index contributed by atoms with van der Waals surface area (Å²) in [5.74, 6) is -0.265. The zero-order valence-corrected chi connectivity index (χ0v) is 16.4. The smallest absolute Gasteiger partial charge is 0.173 e. The van der Waals surface area contributed by atoms with Gasteiger partial charge in [-0.25, -0.2) is 4.39 Å². The van der Waals surface area contributed by atoms with Gasteiger partial charge in [0.1, 0.15) is 5.82 Å². The number of benzene rings is 2. The fourth-order valence-electron chi connectivity index (χ4n) is 2.89. The molecule has 26 heavy (non-hydrogen) atoms. The van der Waals surface area contributed by atoms with Crippen LogP contribution in [0.25, 0.3) is 0 Å². The van der Waals surface area contributed by atoms with Crippen molar-refractivity contribution in [1.82, 2.24) is 4.90 Å². The minimum absolute atomic E-state index is 0.115. The molecule has 0 aromatic heterocycles. The highest BCUT2D eigenvalue weighted by Gasteiger charge is 2.21. The highest BCUT2D eigenvalue weighted by molar-refractivity contribution is 7.80. The Morgan fingerprint density at radius 1 is 1.27 bits per heavy atom. The van der Waals surface area contributed by atoms with Crippen molar-refractivity contribution in [2.75, 3.05) is 18.5 Å². The minimum atomic E-state index is -0.265. The number of nitrogens with one attached hydrogen (secondary N) is 1. The van der Waals surface area contributed by atoms with Gasteiger partial charge >= 0.3 is 0 Å². The predicted octanol–water partition coefficient (Wildman–Crippen LogP) is 5.51. The zero-order valence-electron chi connectivity index (χ0n) is 14.1. The molecule has 0 radical (unpaired) electrons. The Morgan fingerprint density at radius 3 is 2.81 bits per heavy atom. The van der Waals surface area contributed by atoms with E-state index in [9.17, 15) is 4.39 Å². The monoisotopic (exact) mass is 412 g/mol. The fourth-order valence-corrected chi connectivity index (χ4v) is 3.60. The molecular formula is C19H19Cl2FN2OS. The number of hydrogen-bond acceptors (Lipinski definition) is 2. The average molecular weight is 413 g/mol. The lowest BCUT2D eigenvalue weighted by molar-refractivity contribution is 0.0905. The van der Waals surface area contributed by atoms with Crippen molar-refractivity contribution >= 4 is 46.2 Å². The van der Waals surface area contributed by atoms with Gasteiger partial charge < -0.3 is 15.0 Å². The van der Waals surface area contributed by atoms with E-state index in [4.69, 9.17) is 40.2 Å². The Bertz CT molecular complexity index is 784. The maximum Gasteiger partial charge on any atom is 0.173 e. The molecule has 1 heterocycles. The van der Waals surface area contributed by atoms with E-state index in [1.165, 1.54) is 12.1 Å². The molecule has 1 saturated heterocycles. The maximum absolute atomic E-state index is 13.5. The van der Waals surface area contributed by atoms with Crippen LogP contribution in [0.3, 0.4) is 0 Å². The molecule has 1 aliphatic rings. The summed E-state index contributed by atoms with van der Waals surface area (Å²) < 4.78 is 19.3. The van der Waals surface area contributed by atoms with Crippen molar-refractivity contribution in [3.63, 3.8) is 0 Å². The van der Waals surface area contributed by atoms with E-state index in [-0.39, 0.29) is 11.9 Å². The second-order valence-corrected chi connectivity index (χ2v) is 7.43. The van der Waals surface area contributed by atoms with E-state index in [1.54, 1.807) is 24.3 Å². The summed E-state index contributed by atoms with van der Waals surface area (Å²) in [4.78, 5) is 1.98. The molecule has 2 aromatic carbocycles. The van der Waals surface area contributed by atoms with E-state index in [0.29, 0.717) is 33.9 Å². The summed E-state index contributed by atoms with van der Waals surface area (Å²) in [6.45, 7) is 1.88. The van der Waals surface area contributed by atoms with E-state index in [0.717, 1.165) is 25.0 Å². The van der Waals surface area contributed by atoms with Gasteiger partial charge in [-0.1, -0.05) is 35.3 Å². The van der Waals surface area contributed by atoms with Crippen LogP contribution in [-0.2, 0) is 11.3 Å². The molecule has 3 nitrogen and oxygen atoms in total. The first-order valence-electron chi connectivity index (χ1n) is 8.38. The molecule has 0 unspecified atom stereocenters. The van der Waals surface area contributed by atoms with E-state index < -0.39 is 0 Å². The van der Waals surface area contributed by atoms with Crippen LogP contribution in [0.2, 0.25) is 10.0 Å². The van der Waals surface area contributed by atoms with Gasteiger partial charge in [0.25, 0.3) is 0 Å². The van der Waals surface area contributed by atoms with Gasteiger partial charge in [-0.15, -0.1) is 0 Å². The van der Waals surface area contributed by atoms with Gasteiger partial charge in [-0.2, -0.15) is 0 Å². The summed E-state index contributed by atoms with van der Waals surface area (Å²) in [6.07, 6.45) is 2.15. The standard InChI is InChI=1S/C19H19Cl2FN2OS/c20-14-6-7-18(17(21)10-14)23-19(26)24(12-16-5-2-8-25-16)11-13-3-1-4-15(22)9-13/h1,3-4,6-7,9-10,16H,2,5,8,11-12H2,(H,23,26)/t16-/m1/s1. The third-order valence-electron chi connectivity index (χ3n) is 4.17. The Labute approximate surface area is 168 Å². The molecule has 1 fully saturated rings. The lowest BCUT2D eigenvalue weighted by Crippen LogP contribution is -2.39. The summed E-state index contributed by atoms with van der Waals surface area (Å²) in [5, 5.41) is 4.72. The van der Waals surface area contributed by atoms with E-state index >= 15 is 0 Å². The number of hydrogen-bond donors (Lipinski definition) is 1. The van der Waals surface area contributed by atoms with Gasteiger partial charge in [0, 0.05) is 24.7 Å². The number of nitrogens with zero attached hydrogens (tertiary/aromatic N) is 1. The molecule has 7 heteroatoms. The first-order chi connectivity index (χ1) is 12.5. The highest BCUT2D eigenvalue weighted by Crippen LogP contribution is 2.26. The van der Waals surface area contributed by atoms with Crippen LogP contribution in [-0.4, -0.2) is 29.3 Å². The average Bonchev–Trinajstić information content (AvgIpc) is 3.10. The van der Waals surface area contributed by atoms with Crippen LogP contribution in [0.15, 0.2) is 42.5 Å². The van der Waals surface area contributed by atoms with Crippen LogP contribution in [0.4, 0.5) is 10.1 Å². The number of rotatable bonds is 5. The number of anilines is 1. The second-order valence-electron chi connectivity index (χ2n) is 6.20. The molecule has 1 aliphatic heterocycles. The molecule has 2 aromatic rings. The van der Waals surface area contributed by atoms with Crippen LogP contribution in [0, 0.1) is 5.82 Å². The van der Waals surface area contributed by atoms with Crippen LogP contribution in [0.5, 0.6) is 0 Å². The molecule has 0 aliphatic carbocycles. The quantitative estimate of drug-likeness (QED) is 0.654. The van der Waals surface area contributed by atoms with Gasteiger partial charge in [-0.05, 0) is 61.0 Å². The highest BCUT2D eigenvalue weighted by atomic mass is 35.5. The van der Waals surface area contributed by atoms with E-state index in [1.807, 2.05) is 11.0 Å². The lowest BCUT2D eigenvalue weighted by atomic mass is 10.2. The van der Waals surface area contributed by atoms with Crippen LogP contribution in [0.1, 0.15) is 18.4 Å². The molecule has 1 atom stereocenters. The molecule has 1 N–H and O–H groups in total. The van der Waals surface area contributed by atoms with Gasteiger partial charge in [0.2, 0.25) is 0 Å². The van der Waals surface area contributed by atoms with Crippen molar-refractivity contribution in [3.8, 4) is 0 Å². The summed E-state index contributed by atoms with van der Waals surface area (Å²) in [5.41, 5.74) is 1.52. The zero-order chi connectivity index (χ0) is 18.5. The normalized spacial score (nSPS) is 16.5. The Morgan fingerprint density at radius 2 is 2.12 bits per heavy atom. The minimum Gasteiger partial charge on any atom is -0.376 e. The Hall–Kier alpha value is -1.40. The van der Waals surface area contributed by atoms with Gasteiger partial charge in [0.15, 0.2) is 5.11 Å². The number of ether oxygens (including phenoxy) is 1. The first-order valence-corrected chi connectivity index (χ1v) is 9.55. The molecule has 0 amide bonds. The Kier molecular flexibility index (Phi) is 6.70. The molecule has 0 saturated carbocycles. The van der Waals surface area contributed by atoms with Crippen molar-refractivity contribution in [2.24, 2.45) is 0 Å². The topological polar surface area (TPSA) is 24.5 Å². The summed E-state index contributed by atoms with van der Waals surface area (Å²) in [6, 6.07) is 11.7. The van der Waals surface area contributed by atoms with Crippen molar-refractivity contribution < 1.29 is 9.13 Å². The van der Waals surface area contributed by atoms with Gasteiger partial charge in [0.05, 0.1) is 16.8 Å². The van der Waals surface area contributed by atoms with Crippen molar-refractivity contribution in [1.29, 1.82) is 0 Å². The Balaban J connectivity index is 1.75. The van der Waals surface area contributed by atoms with Crippen molar-refractivity contribution in [3.05, 3.63) is 63.9 Å². The van der Waals surface area contributed by atoms with Gasteiger partial charge in [-0.3, -0.25) is 0 Å². The summed E-state index contributed by atoms with van der Waals surface area (Å²) in [7, 11) is 0. The predicted molar refractivity (Wildman–Crippen MR) is 108 cm³/mol. The number of thiocarbonyl (C=S) groups is 1. The molecule has 3 rings (SSSR count). The second kappa shape index (κ2) is 9.00. The first kappa shape index (κ1) is 19.4. The fraction of sp³-hybridized carbons (Fsp3) is 0.316. The third-order valence-corrected chi connectivity index (χ3v) is 5.08. The lowest BCUT2D eigenvalue weighted by Gasteiger charge is -2.28. The van der Waals surface area contributed by atoms with E-state index in [2.05, 4.69) is 5.32 Å². The number of halogens is 3. The molecule has 0 spiro atoms.